The van der Waals surface area contributed by atoms with E-state index in [2.05, 4.69) is 71.1 Å². The van der Waals surface area contributed by atoms with Crippen molar-refractivity contribution in [2.45, 2.75) is 33.1 Å². The SMILES string of the molecule is CCNCC(CCCSCC)Cc1ccc(Br)cc1. The topological polar surface area (TPSA) is 12.0 Å². The minimum absolute atomic E-state index is 0.763. The van der Waals surface area contributed by atoms with Crippen LogP contribution in [-0.4, -0.2) is 24.6 Å². The smallest absolute Gasteiger partial charge is 0.0175 e. The van der Waals surface area contributed by atoms with Crippen LogP contribution in [0, 0.1) is 5.92 Å². The second-order valence-corrected chi connectivity index (χ2v) is 7.15. The second kappa shape index (κ2) is 10.8. The zero-order chi connectivity index (χ0) is 13.9. The summed E-state index contributed by atoms with van der Waals surface area (Å²) in [6.07, 6.45) is 3.86. The van der Waals surface area contributed by atoms with E-state index in [4.69, 9.17) is 0 Å². The molecule has 0 aliphatic heterocycles. The third kappa shape index (κ3) is 8.01. The number of nitrogens with one attached hydrogen (secondary N) is 1. The maximum Gasteiger partial charge on any atom is 0.0175 e. The van der Waals surface area contributed by atoms with E-state index in [1.54, 1.807) is 0 Å². The standard InChI is InChI=1S/C16H26BrNS/c1-3-18-13-15(6-5-11-19-4-2)12-14-7-9-16(17)10-8-14/h7-10,15,18H,3-6,11-13H2,1-2H3. The molecule has 1 N–H and O–H groups in total. The lowest BCUT2D eigenvalue weighted by molar-refractivity contribution is 0.446. The third-order valence-corrected chi connectivity index (χ3v) is 4.74. The molecular formula is C16H26BrNS. The molecule has 0 spiro atoms. The van der Waals surface area contributed by atoms with Gasteiger partial charge >= 0.3 is 0 Å². The Morgan fingerprint density at radius 2 is 1.95 bits per heavy atom. The number of benzene rings is 1. The number of rotatable bonds is 10. The van der Waals surface area contributed by atoms with E-state index in [1.807, 2.05) is 0 Å². The quantitative estimate of drug-likeness (QED) is 0.615. The maximum absolute atomic E-state index is 3.50. The highest BCUT2D eigenvalue weighted by atomic mass is 79.9. The summed E-state index contributed by atoms with van der Waals surface area (Å²) in [5.41, 5.74) is 1.45. The van der Waals surface area contributed by atoms with Crippen LogP contribution in [0.25, 0.3) is 0 Å². The highest BCUT2D eigenvalue weighted by Crippen LogP contribution is 2.18. The molecule has 0 saturated heterocycles. The van der Waals surface area contributed by atoms with Gasteiger partial charge in [-0.25, -0.2) is 0 Å². The number of thioether (sulfide) groups is 1. The van der Waals surface area contributed by atoms with Gasteiger partial charge in [0.1, 0.15) is 0 Å². The van der Waals surface area contributed by atoms with Crippen LogP contribution < -0.4 is 5.32 Å². The van der Waals surface area contributed by atoms with Crippen LogP contribution in [-0.2, 0) is 6.42 Å². The van der Waals surface area contributed by atoms with E-state index >= 15 is 0 Å². The fourth-order valence-electron chi connectivity index (χ4n) is 2.20. The zero-order valence-electron chi connectivity index (χ0n) is 12.1. The molecule has 1 aromatic rings. The molecule has 0 aromatic heterocycles. The van der Waals surface area contributed by atoms with Gasteiger partial charge in [0.25, 0.3) is 0 Å². The molecule has 0 radical (unpaired) electrons. The maximum atomic E-state index is 3.50. The molecule has 1 aromatic carbocycles. The Bertz CT molecular complexity index is 326. The third-order valence-electron chi connectivity index (χ3n) is 3.23. The Labute approximate surface area is 131 Å². The lowest BCUT2D eigenvalue weighted by atomic mass is 9.95. The Balaban J connectivity index is 2.41. The van der Waals surface area contributed by atoms with Gasteiger partial charge in [-0.15, -0.1) is 0 Å². The second-order valence-electron chi connectivity index (χ2n) is 4.84. The van der Waals surface area contributed by atoms with Gasteiger partial charge < -0.3 is 5.32 Å². The summed E-state index contributed by atoms with van der Waals surface area (Å²) in [5, 5.41) is 3.50. The molecule has 0 aliphatic carbocycles. The van der Waals surface area contributed by atoms with Crippen LogP contribution >= 0.6 is 27.7 Å². The predicted molar refractivity (Wildman–Crippen MR) is 92.1 cm³/mol. The van der Waals surface area contributed by atoms with Gasteiger partial charge in [0.05, 0.1) is 0 Å². The van der Waals surface area contributed by atoms with Crippen LogP contribution in [0.3, 0.4) is 0 Å². The highest BCUT2D eigenvalue weighted by Gasteiger charge is 2.09. The first-order valence-electron chi connectivity index (χ1n) is 7.29. The number of halogens is 1. The molecular weight excluding hydrogens is 318 g/mol. The van der Waals surface area contributed by atoms with E-state index in [0.29, 0.717) is 0 Å². The van der Waals surface area contributed by atoms with E-state index in [9.17, 15) is 0 Å². The molecule has 1 atom stereocenters. The first-order valence-corrected chi connectivity index (χ1v) is 9.24. The lowest BCUT2D eigenvalue weighted by Gasteiger charge is -2.17. The summed E-state index contributed by atoms with van der Waals surface area (Å²) in [6, 6.07) is 8.77. The Kier molecular flexibility index (Phi) is 9.66. The van der Waals surface area contributed by atoms with Crippen LogP contribution in [0.2, 0.25) is 0 Å². The van der Waals surface area contributed by atoms with Crippen LogP contribution in [0.5, 0.6) is 0 Å². The fraction of sp³-hybridized carbons (Fsp3) is 0.625. The molecule has 19 heavy (non-hydrogen) atoms. The van der Waals surface area contributed by atoms with Crippen molar-refractivity contribution in [2.24, 2.45) is 5.92 Å². The molecule has 0 amide bonds. The minimum Gasteiger partial charge on any atom is -0.317 e. The molecule has 1 nitrogen and oxygen atoms in total. The fourth-order valence-corrected chi connectivity index (χ4v) is 3.12. The van der Waals surface area contributed by atoms with Crippen molar-refractivity contribution < 1.29 is 0 Å². The number of hydrogen-bond acceptors (Lipinski definition) is 2. The minimum atomic E-state index is 0.763. The first kappa shape index (κ1) is 17.1. The van der Waals surface area contributed by atoms with E-state index in [-0.39, 0.29) is 0 Å². The summed E-state index contributed by atoms with van der Waals surface area (Å²) in [5.74, 6) is 3.31. The summed E-state index contributed by atoms with van der Waals surface area (Å²) >= 11 is 5.55. The molecule has 0 heterocycles. The molecule has 0 saturated carbocycles. The average molecular weight is 344 g/mol. The summed E-state index contributed by atoms with van der Waals surface area (Å²) in [6.45, 7) is 6.64. The van der Waals surface area contributed by atoms with E-state index in [0.717, 1.165) is 19.0 Å². The largest absolute Gasteiger partial charge is 0.317 e. The van der Waals surface area contributed by atoms with Gasteiger partial charge in [0.2, 0.25) is 0 Å². The highest BCUT2D eigenvalue weighted by molar-refractivity contribution is 9.10. The molecule has 1 rings (SSSR count). The summed E-state index contributed by atoms with van der Waals surface area (Å²) in [7, 11) is 0. The van der Waals surface area contributed by atoms with Gasteiger partial charge in [-0.1, -0.05) is 41.9 Å². The van der Waals surface area contributed by atoms with Crippen molar-refractivity contribution >= 4 is 27.7 Å². The molecule has 3 heteroatoms. The number of hydrogen-bond donors (Lipinski definition) is 1. The van der Waals surface area contributed by atoms with Crippen molar-refractivity contribution in [3.8, 4) is 0 Å². The Hall–Kier alpha value is 0.01000. The van der Waals surface area contributed by atoms with E-state index in [1.165, 1.54) is 40.8 Å². The zero-order valence-corrected chi connectivity index (χ0v) is 14.5. The molecule has 0 bridgehead atoms. The average Bonchev–Trinajstić information content (AvgIpc) is 2.43. The van der Waals surface area contributed by atoms with Crippen molar-refractivity contribution in [1.29, 1.82) is 0 Å². The van der Waals surface area contributed by atoms with Gasteiger partial charge in [-0.05, 0) is 67.5 Å². The van der Waals surface area contributed by atoms with E-state index < -0.39 is 0 Å². The molecule has 1 unspecified atom stereocenters. The van der Waals surface area contributed by atoms with Crippen LogP contribution in [0.4, 0.5) is 0 Å². The van der Waals surface area contributed by atoms with Gasteiger partial charge in [0, 0.05) is 4.47 Å². The molecule has 0 aliphatic rings. The normalized spacial score (nSPS) is 12.6. The summed E-state index contributed by atoms with van der Waals surface area (Å²) in [4.78, 5) is 0. The summed E-state index contributed by atoms with van der Waals surface area (Å²) < 4.78 is 1.17. The van der Waals surface area contributed by atoms with Crippen LogP contribution in [0.15, 0.2) is 28.7 Å². The van der Waals surface area contributed by atoms with Gasteiger partial charge in [-0.2, -0.15) is 11.8 Å². The van der Waals surface area contributed by atoms with Crippen molar-refractivity contribution in [3.63, 3.8) is 0 Å². The monoisotopic (exact) mass is 343 g/mol. The van der Waals surface area contributed by atoms with Crippen molar-refractivity contribution in [2.75, 3.05) is 24.6 Å². The molecule has 0 fully saturated rings. The predicted octanol–water partition coefficient (Wildman–Crippen LogP) is 4.75. The van der Waals surface area contributed by atoms with Gasteiger partial charge in [0.15, 0.2) is 0 Å². The van der Waals surface area contributed by atoms with Gasteiger partial charge in [-0.3, -0.25) is 0 Å². The van der Waals surface area contributed by atoms with Crippen molar-refractivity contribution in [1.82, 2.24) is 5.32 Å². The molecule has 108 valence electrons. The Morgan fingerprint density at radius 1 is 1.21 bits per heavy atom. The van der Waals surface area contributed by atoms with Crippen LogP contribution in [0.1, 0.15) is 32.3 Å². The Morgan fingerprint density at radius 3 is 2.58 bits per heavy atom. The lowest BCUT2D eigenvalue weighted by Crippen LogP contribution is -2.24. The van der Waals surface area contributed by atoms with Crippen molar-refractivity contribution in [3.05, 3.63) is 34.3 Å². The first-order chi connectivity index (χ1) is 9.26.